The smallest absolute Gasteiger partial charge is 0.134 e. The standard InChI is InChI=1S/C17H24N4S/c1-2-3-4-8-12-19-17(22)15-11-13-21(20-16(15)18)14-9-6-5-7-10-14/h5-7,9-11,13,15H,2-4,8,12H2,1H3,(H2,18,20)(H,19,22). The molecule has 0 bridgehead atoms. The quantitative estimate of drug-likeness (QED) is 0.598. The predicted octanol–water partition coefficient (Wildman–Crippen LogP) is 3.41. The molecule has 22 heavy (non-hydrogen) atoms. The molecular formula is C17H24N4S. The third kappa shape index (κ3) is 4.56. The molecular weight excluding hydrogens is 292 g/mol. The van der Waals surface area contributed by atoms with E-state index in [1.165, 1.54) is 19.3 Å². The van der Waals surface area contributed by atoms with Crippen LogP contribution < -0.4 is 16.1 Å². The highest BCUT2D eigenvalue weighted by molar-refractivity contribution is 7.80. The van der Waals surface area contributed by atoms with E-state index in [2.05, 4.69) is 17.3 Å². The Labute approximate surface area is 138 Å². The van der Waals surface area contributed by atoms with Crippen LogP contribution in [-0.2, 0) is 0 Å². The van der Waals surface area contributed by atoms with Crippen molar-refractivity contribution in [2.75, 3.05) is 11.6 Å². The van der Waals surface area contributed by atoms with Gasteiger partial charge >= 0.3 is 0 Å². The Morgan fingerprint density at radius 3 is 2.73 bits per heavy atom. The number of nitrogens with zero attached hydrogens (tertiary/aromatic N) is 2. The van der Waals surface area contributed by atoms with Crippen LogP contribution >= 0.6 is 12.2 Å². The van der Waals surface area contributed by atoms with Crippen molar-refractivity contribution < 1.29 is 0 Å². The maximum Gasteiger partial charge on any atom is 0.134 e. The third-order valence-corrected chi connectivity index (χ3v) is 3.99. The summed E-state index contributed by atoms with van der Waals surface area (Å²) < 4.78 is 0. The molecule has 1 unspecified atom stereocenters. The van der Waals surface area contributed by atoms with Gasteiger partial charge in [0.2, 0.25) is 0 Å². The maximum absolute atomic E-state index is 6.09. The Morgan fingerprint density at radius 2 is 2.05 bits per heavy atom. The molecule has 1 atom stereocenters. The highest BCUT2D eigenvalue weighted by Gasteiger charge is 2.20. The summed E-state index contributed by atoms with van der Waals surface area (Å²) in [7, 11) is 0. The van der Waals surface area contributed by atoms with Crippen LogP contribution in [0.1, 0.15) is 32.6 Å². The summed E-state index contributed by atoms with van der Waals surface area (Å²) in [6.07, 6.45) is 8.80. The number of anilines is 1. The number of thiocarbonyl (C=S) groups is 1. The molecule has 0 spiro atoms. The molecule has 0 amide bonds. The number of hydrazone groups is 1. The van der Waals surface area contributed by atoms with Gasteiger partial charge in [-0.25, -0.2) is 5.01 Å². The zero-order valence-corrected chi connectivity index (χ0v) is 13.9. The molecule has 0 fully saturated rings. The summed E-state index contributed by atoms with van der Waals surface area (Å²) in [5.41, 5.74) is 7.07. The van der Waals surface area contributed by atoms with E-state index in [1.807, 2.05) is 42.6 Å². The molecule has 0 aliphatic carbocycles. The number of benzene rings is 1. The average Bonchev–Trinajstić information content (AvgIpc) is 2.55. The van der Waals surface area contributed by atoms with Crippen LogP contribution in [0.25, 0.3) is 0 Å². The van der Waals surface area contributed by atoms with Gasteiger partial charge in [0.25, 0.3) is 0 Å². The van der Waals surface area contributed by atoms with E-state index in [1.54, 1.807) is 5.01 Å². The number of hydrogen-bond donors (Lipinski definition) is 2. The molecule has 0 radical (unpaired) electrons. The van der Waals surface area contributed by atoms with Crippen LogP contribution in [-0.4, -0.2) is 17.4 Å². The number of para-hydroxylation sites is 1. The molecule has 2 rings (SSSR count). The lowest BCUT2D eigenvalue weighted by Crippen LogP contribution is -2.40. The van der Waals surface area contributed by atoms with Crippen molar-refractivity contribution in [2.24, 2.45) is 16.8 Å². The SMILES string of the molecule is CCCCCCNC(=S)C1C=CN(c2ccccc2)N=C1N. The minimum atomic E-state index is -0.110. The number of rotatable bonds is 7. The number of amidine groups is 1. The molecule has 4 nitrogen and oxygen atoms in total. The van der Waals surface area contributed by atoms with Gasteiger partial charge in [-0.05, 0) is 24.6 Å². The van der Waals surface area contributed by atoms with Gasteiger partial charge in [-0.15, -0.1) is 0 Å². The van der Waals surface area contributed by atoms with Gasteiger partial charge in [-0.3, -0.25) is 0 Å². The fraction of sp³-hybridized carbons (Fsp3) is 0.412. The minimum absolute atomic E-state index is 0.110. The van der Waals surface area contributed by atoms with Crippen molar-refractivity contribution in [2.45, 2.75) is 32.6 Å². The molecule has 5 heteroatoms. The Kier molecular flexibility index (Phi) is 6.40. The van der Waals surface area contributed by atoms with Gasteiger partial charge in [-0.1, -0.05) is 56.6 Å². The van der Waals surface area contributed by atoms with Crippen LogP contribution in [0.4, 0.5) is 5.69 Å². The minimum Gasteiger partial charge on any atom is -0.385 e. The van der Waals surface area contributed by atoms with Crippen molar-refractivity contribution in [1.29, 1.82) is 0 Å². The van der Waals surface area contributed by atoms with E-state index in [4.69, 9.17) is 18.0 Å². The molecule has 1 aromatic rings. The van der Waals surface area contributed by atoms with Crippen LogP contribution in [0, 0.1) is 5.92 Å². The topological polar surface area (TPSA) is 53.6 Å². The Balaban J connectivity index is 1.87. The summed E-state index contributed by atoms with van der Waals surface area (Å²) in [4.78, 5) is 0.752. The van der Waals surface area contributed by atoms with Crippen LogP contribution in [0.5, 0.6) is 0 Å². The fourth-order valence-corrected chi connectivity index (χ4v) is 2.61. The molecule has 1 heterocycles. The molecule has 0 saturated heterocycles. The van der Waals surface area contributed by atoms with E-state index < -0.39 is 0 Å². The molecule has 118 valence electrons. The number of nitrogens with two attached hydrogens (primary N) is 1. The number of nitrogens with one attached hydrogen (secondary N) is 1. The highest BCUT2D eigenvalue weighted by atomic mass is 32.1. The second-order valence-electron chi connectivity index (χ2n) is 5.38. The van der Waals surface area contributed by atoms with Crippen LogP contribution in [0.3, 0.4) is 0 Å². The molecule has 3 N–H and O–H groups in total. The van der Waals surface area contributed by atoms with E-state index in [9.17, 15) is 0 Å². The summed E-state index contributed by atoms with van der Waals surface area (Å²) >= 11 is 5.44. The molecule has 0 saturated carbocycles. The first-order valence-electron chi connectivity index (χ1n) is 7.86. The second-order valence-corrected chi connectivity index (χ2v) is 5.82. The monoisotopic (exact) mass is 316 g/mol. The van der Waals surface area contributed by atoms with Gasteiger partial charge in [0.15, 0.2) is 0 Å². The first-order chi connectivity index (χ1) is 10.7. The first kappa shape index (κ1) is 16.5. The maximum atomic E-state index is 6.09. The summed E-state index contributed by atoms with van der Waals surface area (Å²) in [5.74, 6) is 0.415. The van der Waals surface area contributed by atoms with Crippen molar-refractivity contribution in [3.8, 4) is 0 Å². The molecule has 1 aliphatic rings. The van der Waals surface area contributed by atoms with Gasteiger partial charge in [0.1, 0.15) is 5.84 Å². The molecule has 1 aliphatic heterocycles. The Bertz CT molecular complexity index is 539. The largest absolute Gasteiger partial charge is 0.385 e. The first-order valence-corrected chi connectivity index (χ1v) is 8.27. The van der Waals surface area contributed by atoms with E-state index in [-0.39, 0.29) is 5.92 Å². The summed E-state index contributed by atoms with van der Waals surface area (Å²) in [6, 6.07) is 9.91. The second kappa shape index (κ2) is 8.54. The van der Waals surface area contributed by atoms with Crippen molar-refractivity contribution in [3.05, 3.63) is 42.6 Å². The highest BCUT2D eigenvalue weighted by Crippen LogP contribution is 2.19. The van der Waals surface area contributed by atoms with E-state index in [0.29, 0.717) is 5.84 Å². The fourth-order valence-electron chi connectivity index (χ4n) is 2.31. The zero-order valence-electron chi connectivity index (χ0n) is 13.0. The van der Waals surface area contributed by atoms with Crippen LogP contribution in [0.2, 0.25) is 0 Å². The van der Waals surface area contributed by atoms with Crippen molar-refractivity contribution >= 4 is 28.7 Å². The van der Waals surface area contributed by atoms with E-state index in [0.717, 1.165) is 23.6 Å². The Hall–Kier alpha value is -1.88. The average molecular weight is 316 g/mol. The molecule has 0 aromatic heterocycles. The van der Waals surface area contributed by atoms with Crippen molar-refractivity contribution in [3.63, 3.8) is 0 Å². The predicted molar refractivity (Wildman–Crippen MR) is 97.9 cm³/mol. The number of hydrogen-bond acceptors (Lipinski definition) is 4. The van der Waals surface area contributed by atoms with Crippen LogP contribution in [0.15, 0.2) is 47.7 Å². The van der Waals surface area contributed by atoms with Gasteiger partial charge in [0, 0.05) is 12.7 Å². The lowest BCUT2D eigenvalue weighted by molar-refractivity contribution is 0.653. The third-order valence-electron chi connectivity index (χ3n) is 3.59. The molecule has 1 aromatic carbocycles. The van der Waals surface area contributed by atoms with Crippen molar-refractivity contribution in [1.82, 2.24) is 5.32 Å². The normalized spacial score (nSPS) is 17.2. The zero-order chi connectivity index (χ0) is 15.8. The lowest BCUT2D eigenvalue weighted by atomic mass is 10.1. The van der Waals surface area contributed by atoms with Gasteiger partial charge < -0.3 is 11.1 Å². The van der Waals surface area contributed by atoms with Gasteiger partial charge in [-0.2, -0.15) is 5.10 Å². The van der Waals surface area contributed by atoms with E-state index >= 15 is 0 Å². The Morgan fingerprint density at radius 1 is 1.27 bits per heavy atom. The lowest BCUT2D eigenvalue weighted by Gasteiger charge is -2.24. The van der Waals surface area contributed by atoms with Gasteiger partial charge in [0.05, 0.1) is 16.6 Å². The number of unbranched alkanes of at least 4 members (excludes halogenated alkanes) is 3. The summed E-state index contributed by atoms with van der Waals surface area (Å²) in [6.45, 7) is 3.11. The summed E-state index contributed by atoms with van der Waals surface area (Å²) in [5, 5.41) is 9.50.